The molecule has 1 saturated heterocycles. The summed E-state index contributed by atoms with van der Waals surface area (Å²) in [6, 6.07) is 0. The van der Waals surface area contributed by atoms with Crippen molar-refractivity contribution in [3.05, 3.63) is 14.7 Å². The number of carbonyl (C=O) groups is 1. The van der Waals surface area contributed by atoms with E-state index in [9.17, 15) is 4.79 Å². The SMILES string of the molecule is CCOC(=O)C1CC[N+](=c2sccs2)CC1. The van der Waals surface area contributed by atoms with Gasteiger partial charge in [0.25, 0.3) is 0 Å². The number of ether oxygens (including phenoxy) is 1. The summed E-state index contributed by atoms with van der Waals surface area (Å²) in [7, 11) is 0. The topological polar surface area (TPSA) is 29.3 Å². The molecule has 88 valence electrons. The molecule has 1 aliphatic rings. The van der Waals surface area contributed by atoms with Crippen LogP contribution in [0, 0.1) is 5.92 Å². The van der Waals surface area contributed by atoms with Crippen molar-refractivity contribution in [3.63, 3.8) is 0 Å². The smallest absolute Gasteiger partial charge is 0.313 e. The Kier molecular flexibility index (Phi) is 4.12. The lowest BCUT2D eigenvalue weighted by Crippen LogP contribution is -2.38. The zero-order valence-corrected chi connectivity index (χ0v) is 11.0. The van der Waals surface area contributed by atoms with E-state index in [4.69, 9.17) is 4.74 Å². The lowest BCUT2D eigenvalue weighted by Gasteiger charge is -2.18. The van der Waals surface area contributed by atoms with Crippen molar-refractivity contribution in [3.8, 4) is 0 Å². The molecule has 0 aromatic carbocycles. The Hall–Kier alpha value is -0.680. The second-order valence-corrected chi connectivity index (χ2v) is 5.83. The second kappa shape index (κ2) is 5.59. The molecule has 0 aliphatic carbocycles. The van der Waals surface area contributed by atoms with E-state index in [1.54, 1.807) is 22.7 Å². The summed E-state index contributed by atoms with van der Waals surface area (Å²) in [5.41, 5.74) is 0. The lowest BCUT2D eigenvalue weighted by molar-refractivity contribution is -0.148. The van der Waals surface area contributed by atoms with E-state index in [0.717, 1.165) is 25.9 Å². The molecule has 1 aromatic rings. The standard InChI is InChI=1S/C11H16NO2S2/c1-2-14-10(13)9-3-5-12(6-4-9)11-15-7-8-16-11/h7-9H,2-6H2,1H3/q+1. The van der Waals surface area contributed by atoms with Crippen molar-refractivity contribution in [2.45, 2.75) is 19.8 Å². The molecule has 0 amide bonds. The van der Waals surface area contributed by atoms with Crippen LogP contribution in [0.3, 0.4) is 0 Å². The van der Waals surface area contributed by atoms with Gasteiger partial charge in [-0.2, -0.15) is 0 Å². The minimum absolute atomic E-state index is 0.0167. The Labute approximate surface area is 103 Å². The molecular formula is C11H16NO2S2+. The molecule has 3 nitrogen and oxygen atoms in total. The van der Waals surface area contributed by atoms with Gasteiger partial charge in [0.2, 0.25) is 0 Å². The van der Waals surface area contributed by atoms with Gasteiger partial charge in [0.15, 0.2) is 0 Å². The molecule has 0 spiro atoms. The molecule has 0 N–H and O–H groups in total. The normalized spacial score (nSPS) is 20.8. The van der Waals surface area contributed by atoms with Crippen LogP contribution in [0.25, 0.3) is 0 Å². The number of hydrogen-bond acceptors (Lipinski definition) is 4. The molecule has 1 aliphatic heterocycles. The maximum absolute atomic E-state index is 11.6. The predicted octanol–water partition coefficient (Wildman–Crippen LogP) is 1.55. The maximum Gasteiger partial charge on any atom is 0.313 e. The van der Waals surface area contributed by atoms with E-state index in [0.29, 0.717) is 6.61 Å². The van der Waals surface area contributed by atoms with Gasteiger partial charge < -0.3 is 4.74 Å². The Morgan fingerprint density at radius 2 is 2.06 bits per heavy atom. The highest BCUT2D eigenvalue weighted by Crippen LogP contribution is 2.15. The number of carbonyl (C=O) groups excluding carboxylic acids is 1. The van der Waals surface area contributed by atoms with Crippen molar-refractivity contribution in [2.24, 2.45) is 5.92 Å². The monoisotopic (exact) mass is 258 g/mol. The molecule has 2 heterocycles. The fraction of sp³-hybridized carbons (Fsp3) is 0.636. The zero-order valence-electron chi connectivity index (χ0n) is 9.35. The van der Waals surface area contributed by atoms with Gasteiger partial charge in [0, 0.05) is 23.6 Å². The molecule has 2 rings (SSSR count). The van der Waals surface area contributed by atoms with Gasteiger partial charge in [-0.05, 0) is 6.92 Å². The molecule has 1 fully saturated rings. The predicted molar refractivity (Wildman–Crippen MR) is 66.6 cm³/mol. The Balaban J connectivity index is 1.98. The second-order valence-electron chi connectivity index (χ2n) is 3.79. The summed E-state index contributed by atoms with van der Waals surface area (Å²) in [5, 5.41) is 4.22. The van der Waals surface area contributed by atoms with Gasteiger partial charge in [0.05, 0.1) is 12.5 Å². The van der Waals surface area contributed by atoms with Crippen LogP contribution in [0.1, 0.15) is 19.8 Å². The molecule has 0 radical (unpaired) electrons. The van der Waals surface area contributed by atoms with E-state index < -0.39 is 0 Å². The van der Waals surface area contributed by atoms with Crippen LogP contribution in [0.2, 0.25) is 0 Å². The first kappa shape index (κ1) is 11.8. The molecule has 0 saturated carbocycles. The van der Waals surface area contributed by atoms with Crippen LogP contribution in [-0.2, 0) is 9.53 Å². The molecule has 1 aromatic heterocycles. The van der Waals surface area contributed by atoms with E-state index in [1.807, 2.05) is 6.92 Å². The molecule has 5 heteroatoms. The highest BCUT2D eigenvalue weighted by atomic mass is 32.2. The Bertz CT molecular complexity index is 395. The quantitative estimate of drug-likeness (QED) is 0.595. The molecule has 0 unspecified atom stereocenters. The van der Waals surface area contributed by atoms with E-state index in [2.05, 4.69) is 15.3 Å². The van der Waals surface area contributed by atoms with Gasteiger partial charge in [0.1, 0.15) is 13.1 Å². The lowest BCUT2D eigenvalue weighted by atomic mass is 9.98. The van der Waals surface area contributed by atoms with Gasteiger partial charge in [-0.15, -0.1) is 0 Å². The van der Waals surface area contributed by atoms with Gasteiger partial charge >= 0.3 is 9.95 Å². The largest absolute Gasteiger partial charge is 0.466 e. The van der Waals surface area contributed by atoms with Crippen molar-refractivity contribution in [2.75, 3.05) is 19.7 Å². The van der Waals surface area contributed by atoms with Crippen LogP contribution in [-0.4, -0.2) is 25.7 Å². The average molecular weight is 258 g/mol. The van der Waals surface area contributed by atoms with Crippen molar-refractivity contribution < 1.29 is 9.53 Å². The van der Waals surface area contributed by atoms with Crippen LogP contribution < -0.4 is 8.56 Å². The maximum atomic E-state index is 11.6. The first-order valence-electron chi connectivity index (χ1n) is 5.58. The minimum atomic E-state index is -0.0167. The van der Waals surface area contributed by atoms with Crippen LogP contribution in [0.4, 0.5) is 0 Å². The van der Waals surface area contributed by atoms with Crippen LogP contribution in [0.5, 0.6) is 0 Å². The third kappa shape index (κ3) is 2.71. The number of piperidine rings is 1. The van der Waals surface area contributed by atoms with E-state index >= 15 is 0 Å². The zero-order chi connectivity index (χ0) is 11.4. The number of esters is 1. The highest BCUT2D eigenvalue weighted by Gasteiger charge is 2.28. The molecule has 0 atom stereocenters. The van der Waals surface area contributed by atoms with Crippen LogP contribution >= 0.6 is 22.7 Å². The van der Waals surface area contributed by atoms with E-state index in [-0.39, 0.29) is 11.9 Å². The number of hydrogen-bond donors (Lipinski definition) is 0. The van der Waals surface area contributed by atoms with Gasteiger partial charge in [-0.3, -0.25) is 4.79 Å². The summed E-state index contributed by atoms with van der Waals surface area (Å²) in [5.74, 6) is 0.0955. The third-order valence-electron chi connectivity index (χ3n) is 2.77. The van der Waals surface area contributed by atoms with Crippen molar-refractivity contribution in [1.82, 2.24) is 4.58 Å². The third-order valence-corrected chi connectivity index (χ3v) is 4.98. The summed E-state index contributed by atoms with van der Waals surface area (Å²) in [4.78, 5) is 11.6. The average Bonchev–Trinajstić information content (AvgIpc) is 2.83. The molecule has 16 heavy (non-hydrogen) atoms. The summed E-state index contributed by atoms with van der Waals surface area (Å²) in [6.07, 6.45) is 1.84. The summed E-state index contributed by atoms with van der Waals surface area (Å²) in [6.45, 7) is 4.30. The minimum Gasteiger partial charge on any atom is -0.466 e. The molecular weight excluding hydrogens is 242 g/mol. The Morgan fingerprint density at radius 3 is 2.62 bits per heavy atom. The van der Waals surface area contributed by atoms with Gasteiger partial charge in [-0.1, -0.05) is 22.7 Å². The highest BCUT2D eigenvalue weighted by molar-refractivity contribution is 7.24. The molecule has 0 bridgehead atoms. The number of rotatable bonds is 2. The van der Waals surface area contributed by atoms with Gasteiger partial charge in [-0.25, -0.2) is 4.58 Å². The first-order chi connectivity index (χ1) is 7.81. The first-order valence-corrected chi connectivity index (χ1v) is 7.34. The fourth-order valence-electron chi connectivity index (χ4n) is 1.91. The summed E-state index contributed by atoms with van der Waals surface area (Å²) < 4.78 is 8.77. The van der Waals surface area contributed by atoms with Crippen LogP contribution in [0.15, 0.2) is 10.8 Å². The Morgan fingerprint density at radius 1 is 1.44 bits per heavy atom. The van der Waals surface area contributed by atoms with Crippen molar-refractivity contribution >= 4 is 28.6 Å². The number of nitrogens with zero attached hydrogens (tertiary/aromatic N) is 1. The van der Waals surface area contributed by atoms with E-state index in [1.165, 1.54) is 3.98 Å². The summed E-state index contributed by atoms with van der Waals surface area (Å²) >= 11 is 3.56. The van der Waals surface area contributed by atoms with Crippen molar-refractivity contribution in [1.29, 1.82) is 0 Å². The fourth-order valence-corrected chi connectivity index (χ4v) is 3.80.